The summed E-state index contributed by atoms with van der Waals surface area (Å²) in [6.07, 6.45) is 0.757. The normalized spacial score (nSPS) is 11.1. The number of hydrogen-bond acceptors (Lipinski definition) is 6. The van der Waals surface area contributed by atoms with Crippen molar-refractivity contribution in [2.75, 3.05) is 18.1 Å². The number of carbonyl (C=O) groups is 1. The summed E-state index contributed by atoms with van der Waals surface area (Å²) in [7, 11) is -3.07. The van der Waals surface area contributed by atoms with Gasteiger partial charge in [0.2, 0.25) is 0 Å². The highest BCUT2D eigenvalue weighted by Gasteiger charge is 2.16. The van der Waals surface area contributed by atoms with Crippen LogP contribution in [-0.4, -0.2) is 37.7 Å². The van der Waals surface area contributed by atoms with Crippen LogP contribution < -0.4 is 4.74 Å². The van der Waals surface area contributed by atoms with Crippen LogP contribution in [0, 0.1) is 10.1 Å². The van der Waals surface area contributed by atoms with Gasteiger partial charge >= 0.3 is 5.69 Å². The molecule has 0 amide bonds. The molecular weight excluding hydrogens is 286 g/mol. The summed E-state index contributed by atoms with van der Waals surface area (Å²) in [5, 5.41) is 10.8. The summed E-state index contributed by atoms with van der Waals surface area (Å²) in [5.74, 6) is 0.0553. The second-order valence-electron chi connectivity index (χ2n) is 4.04. The Labute approximate surface area is 116 Å². The van der Waals surface area contributed by atoms with E-state index >= 15 is 0 Å². The lowest BCUT2D eigenvalue weighted by Crippen LogP contribution is -2.12. The maximum atomic E-state index is 11.3. The Morgan fingerprint density at radius 1 is 1.40 bits per heavy atom. The van der Waals surface area contributed by atoms with Crippen LogP contribution in [0.2, 0.25) is 0 Å². The molecule has 0 atom stereocenters. The minimum absolute atomic E-state index is 0.0227. The molecule has 0 saturated carbocycles. The molecule has 0 saturated heterocycles. The number of ether oxygens (including phenoxy) is 1. The Hall–Kier alpha value is -1.96. The zero-order chi connectivity index (χ0) is 15.2. The highest BCUT2D eigenvalue weighted by atomic mass is 32.2. The second kappa shape index (κ2) is 6.99. The lowest BCUT2D eigenvalue weighted by Gasteiger charge is -2.07. The highest BCUT2D eigenvalue weighted by Crippen LogP contribution is 2.27. The van der Waals surface area contributed by atoms with Gasteiger partial charge in [-0.05, 0) is 18.6 Å². The summed E-state index contributed by atoms with van der Waals surface area (Å²) in [4.78, 5) is 20.8. The topological polar surface area (TPSA) is 104 Å². The molecule has 0 radical (unpaired) electrons. The quantitative estimate of drug-likeness (QED) is 0.313. The van der Waals surface area contributed by atoms with Crippen LogP contribution in [0.1, 0.15) is 23.7 Å². The van der Waals surface area contributed by atoms with Gasteiger partial charge in [-0.15, -0.1) is 0 Å². The smallest absolute Gasteiger partial charge is 0.311 e. The van der Waals surface area contributed by atoms with Crippen molar-refractivity contribution in [2.24, 2.45) is 0 Å². The SMILES string of the molecule is CCS(=O)(=O)CCCOc1ccc(C=O)cc1[N+](=O)[O-]. The molecule has 1 aromatic rings. The van der Waals surface area contributed by atoms with E-state index in [9.17, 15) is 23.3 Å². The second-order valence-corrected chi connectivity index (χ2v) is 6.51. The third kappa shape index (κ3) is 4.61. The summed E-state index contributed by atoms with van der Waals surface area (Å²) in [6.45, 7) is 1.61. The Kier molecular flexibility index (Phi) is 5.63. The van der Waals surface area contributed by atoms with E-state index in [-0.39, 0.29) is 41.5 Å². The van der Waals surface area contributed by atoms with Crippen molar-refractivity contribution in [2.45, 2.75) is 13.3 Å². The first kappa shape index (κ1) is 16.1. The molecule has 8 heteroatoms. The molecule has 110 valence electrons. The van der Waals surface area contributed by atoms with E-state index in [0.717, 1.165) is 6.07 Å². The fraction of sp³-hybridized carbons (Fsp3) is 0.417. The monoisotopic (exact) mass is 301 g/mol. The van der Waals surface area contributed by atoms with Gasteiger partial charge in [0, 0.05) is 17.4 Å². The van der Waals surface area contributed by atoms with Gasteiger partial charge in [0.25, 0.3) is 0 Å². The molecule has 0 spiro atoms. The molecule has 0 aliphatic heterocycles. The molecule has 0 aromatic heterocycles. The maximum Gasteiger partial charge on any atom is 0.311 e. The summed E-state index contributed by atoms with van der Waals surface area (Å²) >= 11 is 0. The maximum absolute atomic E-state index is 11.3. The Morgan fingerprint density at radius 3 is 2.65 bits per heavy atom. The fourth-order valence-electron chi connectivity index (χ4n) is 1.48. The van der Waals surface area contributed by atoms with Crippen LogP contribution in [0.5, 0.6) is 5.75 Å². The minimum atomic E-state index is -3.07. The molecule has 20 heavy (non-hydrogen) atoms. The number of carbonyl (C=O) groups excluding carboxylic acids is 1. The Morgan fingerprint density at radius 2 is 2.10 bits per heavy atom. The molecule has 0 heterocycles. The first-order valence-electron chi connectivity index (χ1n) is 5.96. The fourth-order valence-corrected chi connectivity index (χ4v) is 2.32. The van der Waals surface area contributed by atoms with Crippen molar-refractivity contribution < 1.29 is 22.9 Å². The van der Waals surface area contributed by atoms with Crippen molar-refractivity contribution in [1.29, 1.82) is 0 Å². The summed E-state index contributed by atoms with van der Waals surface area (Å²) < 4.78 is 27.7. The molecule has 0 bridgehead atoms. The zero-order valence-electron chi connectivity index (χ0n) is 10.9. The van der Waals surface area contributed by atoms with Gasteiger partial charge < -0.3 is 4.74 Å². The molecule has 1 aromatic carbocycles. The van der Waals surface area contributed by atoms with Gasteiger partial charge in [-0.2, -0.15) is 0 Å². The number of sulfone groups is 1. The minimum Gasteiger partial charge on any atom is -0.487 e. The van der Waals surface area contributed by atoms with Crippen LogP contribution in [0.15, 0.2) is 18.2 Å². The number of rotatable bonds is 8. The number of nitro benzene ring substituents is 1. The predicted octanol–water partition coefficient (Wildman–Crippen LogP) is 1.61. The molecule has 7 nitrogen and oxygen atoms in total. The van der Waals surface area contributed by atoms with Crippen molar-refractivity contribution in [3.63, 3.8) is 0 Å². The average Bonchev–Trinajstić information content (AvgIpc) is 2.43. The third-order valence-corrected chi connectivity index (χ3v) is 4.40. The Balaban J connectivity index is 2.68. The molecule has 0 fully saturated rings. The van der Waals surface area contributed by atoms with E-state index in [1.165, 1.54) is 12.1 Å². The van der Waals surface area contributed by atoms with Gasteiger partial charge in [-0.25, -0.2) is 8.42 Å². The summed E-state index contributed by atoms with van der Waals surface area (Å²) in [6, 6.07) is 3.85. The third-order valence-electron chi connectivity index (χ3n) is 2.61. The van der Waals surface area contributed by atoms with Crippen LogP contribution in [0.25, 0.3) is 0 Å². The molecule has 0 aliphatic carbocycles. The molecular formula is C12H15NO6S. The lowest BCUT2D eigenvalue weighted by atomic mass is 10.2. The number of nitro groups is 1. The number of hydrogen-bond donors (Lipinski definition) is 0. The van der Waals surface area contributed by atoms with Crippen molar-refractivity contribution >= 4 is 21.8 Å². The number of benzene rings is 1. The van der Waals surface area contributed by atoms with Crippen LogP contribution in [-0.2, 0) is 9.84 Å². The van der Waals surface area contributed by atoms with Gasteiger partial charge in [0.05, 0.1) is 17.3 Å². The van der Waals surface area contributed by atoms with Gasteiger partial charge in [-0.3, -0.25) is 14.9 Å². The molecule has 0 aliphatic rings. The van der Waals surface area contributed by atoms with Crippen LogP contribution in [0.4, 0.5) is 5.69 Å². The molecule has 1 rings (SSSR count). The number of aldehydes is 1. The average molecular weight is 301 g/mol. The van der Waals surface area contributed by atoms with Crippen molar-refractivity contribution in [3.05, 3.63) is 33.9 Å². The lowest BCUT2D eigenvalue weighted by molar-refractivity contribution is -0.385. The summed E-state index contributed by atoms with van der Waals surface area (Å²) in [5.41, 5.74) is -0.134. The van der Waals surface area contributed by atoms with E-state index in [1.54, 1.807) is 6.92 Å². The van der Waals surface area contributed by atoms with E-state index in [0.29, 0.717) is 6.29 Å². The zero-order valence-corrected chi connectivity index (χ0v) is 11.8. The molecule has 0 unspecified atom stereocenters. The first-order valence-corrected chi connectivity index (χ1v) is 7.78. The molecule has 0 N–H and O–H groups in total. The largest absolute Gasteiger partial charge is 0.487 e. The number of nitrogens with zero attached hydrogens (tertiary/aromatic N) is 1. The van der Waals surface area contributed by atoms with Gasteiger partial charge in [-0.1, -0.05) is 6.92 Å². The van der Waals surface area contributed by atoms with E-state index in [1.807, 2.05) is 0 Å². The van der Waals surface area contributed by atoms with Crippen molar-refractivity contribution in [1.82, 2.24) is 0 Å². The first-order chi connectivity index (χ1) is 9.39. The standard InChI is InChI=1S/C12H15NO6S/c1-2-20(17,18)7-3-6-19-12-5-4-10(9-14)8-11(12)13(15)16/h4-5,8-9H,2-3,6-7H2,1H3. The van der Waals surface area contributed by atoms with Crippen LogP contribution in [0.3, 0.4) is 0 Å². The van der Waals surface area contributed by atoms with Gasteiger partial charge in [0.1, 0.15) is 16.1 Å². The highest BCUT2D eigenvalue weighted by molar-refractivity contribution is 7.91. The van der Waals surface area contributed by atoms with Crippen LogP contribution >= 0.6 is 0 Å². The van der Waals surface area contributed by atoms with E-state index in [2.05, 4.69) is 0 Å². The Bertz CT molecular complexity index is 596. The van der Waals surface area contributed by atoms with E-state index in [4.69, 9.17) is 4.74 Å². The van der Waals surface area contributed by atoms with Crippen molar-refractivity contribution in [3.8, 4) is 5.75 Å². The van der Waals surface area contributed by atoms with E-state index < -0.39 is 14.8 Å². The van der Waals surface area contributed by atoms with Gasteiger partial charge in [0.15, 0.2) is 5.75 Å². The predicted molar refractivity (Wildman–Crippen MR) is 72.9 cm³/mol.